The van der Waals surface area contributed by atoms with Gasteiger partial charge in [0.15, 0.2) is 0 Å². The van der Waals surface area contributed by atoms with E-state index in [9.17, 15) is 24.9 Å². The summed E-state index contributed by atoms with van der Waals surface area (Å²) in [5, 5.41) is 36.4. The number of aliphatic hydroxyl groups is 2. The molecule has 1 aliphatic carbocycles. The third kappa shape index (κ3) is 9.66. The number of nitrogens with zero attached hydrogens (tertiary/aromatic N) is 2. The standard InChI is InChI=1S/C52H63BrN2O6Si/c1-5-15-36(30-38-31-40(53)23-25-46(38)57)22-24-47(58)48-39(35-61-62(52(2,3)4,42-18-11-7-12-19-42)43-20-13-8-14-21-43)32-44-49(45(48)34-56)51(60)55(50(44)59)41-26-28-54(29-27-41)33-37-16-9-6-10-17-37/h6-14,16-21,23,25,30-31,41,44-45,47,49,56-58H,5,15,22,24,26-29,32-35H2,1-4H3/b36-30+/t44-,45+,47-,49-/m1/s1. The fraction of sp³-hybridized carbons (Fsp3) is 0.423. The van der Waals surface area contributed by atoms with E-state index in [2.05, 4.69) is 109 Å². The first-order valence-electron chi connectivity index (χ1n) is 22.4. The average molecular weight is 920 g/mol. The summed E-state index contributed by atoms with van der Waals surface area (Å²) in [5.74, 6) is -2.37. The van der Waals surface area contributed by atoms with E-state index in [0.29, 0.717) is 36.8 Å². The summed E-state index contributed by atoms with van der Waals surface area (Å²) in [6.07, 6.45) is 5.22. The smallest absolute Gasteiger partial charge is 0.261 e. The van der Waals surface area contributed by atoms with Gasteiger partial charge in [0.05, 0.1) is 31.2 Å². The van der Waals surface area contributed by atoms with E-state index in [1.54, 1.807) is 17.0 Å². The third-order valence-electron chi connectivity index (χ3n) is 13.5. The highest BCUT2D eigenvalue weighted by Gasteiger charge is 2.57. The number of halogens is 1. The van der Waals surface area contributed by atoms with Crippen LogP contribution in [0.4, 0.5) is 0 Å². The van der Waals surface area contributed by atoms with Crippen LogP contribution in [0.1, 0.15) is 83.8 Å². The lowest BCUT2D eigenvalue weighted by Crippen LogP contribution is -2.66. The van der Waals surface area contributed by atoms with Gasteiger partial charge in [0.1, 0.15) is 5.75 Å². The Labute approximate surface area is 377 Å². The van der Waals surface area contributed by atoms with Crippen LogP contribution in [0.15, 0.2) is 130 Å². The molecule has 2 amide bonds. The Morgan fingerprint density at radius 1 is 0.887 bits per heavy atom. The molecule has 0 spiro atoms. The van der Waals surface area contributed by atoms with Crippen molar-refractivity contribution in [3.05, 3.63) is 142 Å². The number of aliphatic hydroxyl groups excluding tert-OH is 2. The zero-order valence-electron chi connectivity index (χ0n) is 36.7. The van der Waals surface area contributed by atoms with Crippen LogP contribution in [0.3, 0.4) is 0 Å². The van der Waals surface area contributed by atoms with Crippen molar-refractivity contribution in [3.63, 3.8) is 0 Å². The van der Waals surface area contributed by atoms with Crippen LogP contribution in [0.5, 0.6) is 5.75 Å². The number of carbonyl (C=O) groups excluding carboxylic acids is 2. The molecular formula is C52H63BrN2O6Si. The molecule has 0 aromatic heterocycles. The molecule has 10 heteroatoms. The van der Waals surface area contributed by atoms with Crippen LogP contribution in [-0.4, -0.2) is 83.7 Å². The van der Waals surface area contributed by atoms with Crippen molar-refractivity contribution in [1.29, 1.82) is 0 Å². The van der Waals surface area contributed by atoms with E-state index in [1.165, 1.54) is 5.56 Å². The van der Waals surface area contributed by atoms with E-state index in [0.717, 1.165) is 58.5 Å². The number of likely N-dealkylation sites (tertiary alicyclic amines) is 2. The Hall–Kier alpha value is -4.16. The lowest BCUT2D eigenvalue weighted by molar-refractivity contribution is -0.144. The SMILES string of the molecule is CCC/C(=C\c1cc(Br)ccc1O)CC[C@@H](O)C1=C(CO[Si](c2ccccc2)(c2ccccc2)C(C)(C)C)C[C@H]2C(=O)N(C3CCN(Cc4ccccc4)CC3)C(=O)[C@H]2[C@H]1CO. The van der Waals surface area contributed by atoms with Crippen LogP contribution in [0, 0.1) is 17.8 Å². The summed E-state index contributed by atoms with van der Waals surface area (Å²) < 4.78 is 8.35. The van der Waals surface area contributed by atoms with Crippen LogP contribution in [-0.2, 0) is 20.6 Å². The summed E-state index contributed by atoms with van der Waals surface area (Å²) in [5.41, 5.74) is 4.46. The maximum absolute atomic E-state index is 14.7. The molecule has 2 aliphatic heterocycles. The number of rotatable bonds is 16. The molecule has 4 aromatic carbocycles. The van der Waals surface area contributed by atoms with Gasteiger partial charge >= 0.3 is 0 Å². The normalized spacial score (nSPS) is 21.1. The number of carbonyl (C=O) groups is 2. The second-order valence-corrected chi connectivity index (χ2v) is 23.7. The fourth-order valence-corrected chi connectivity index (χ4v) is 15.5. The predicted octanol–water partition coefficient (Wildman–Crippen LogP) is 8.63. The van der Waals surface area contributed by atoms with Crippen molar-refractivity contribution in [2.45, 2.75) is 96.4 Å². The molecule has 4 aromatic rings. The van der Waals surface area contributed by atoms with E-state index < -0.39 is 32.2 Å². The van der Waals surface area contributed by atoms with Crippen molar-refractivity contribution >= 4 is 52.5 Å². The molecule has 0 saturated carbocycles. The first kappa shape index (κ1) is 45.8. The van der Waals surface area contributed by atoms with Gasteiger partial charge < -0.3 is 19.7 Å². The molecule has 328 valence electrons. The van der Waals surface area contributed by atoms with Gasteiger partial charge in [-0.25, -0.2) is 0 Å². The zero-order chi connectivity index (χ0) is 44.0. The first-order chi connectivity index (χ1) is 29.9. The summed E-state index contributed by atoms with van der Waals surface area (Å²) >= 11 is 3.53. The highest BCUT2D eigenvalue weighted by molar-refractivity contribution is 9.10. The maximum atomic E-state index is 14.7. The van der Waals surface area contributed by atoms with Gasteiger partial charge in [0.25, 0.3) is 8.32 Å². The minimum Gasteiger partial charge on any atom is -0.507 e. The average Bonchev–Trinajstić information content (AvgIpc) is 3.52. The lowest BCUT2D eigenvalue weighted by Gasteiger charge is -2.44. The summed E-state index contributed by atoms with van der Waals surface area (Å²) in [6, 6.07) is 36.3. The second-order valence-electron chi connectivity index (χ2n) is 18.5. The molecule has 62 heavy (non-hydrogen) atoms. The topological polar surface area (TPSA) is 111 Å². The Bertz CT molecular complexity index is 2180. The van der Waals surface area contributed by atoms with Gasteiger partial charge in [-0.3, -0.25) is 19.4 Å². The number of imide groups is 1. The van der Waals surface area contributed by atoms with E-state index in [4.69, 9.17) is 4.43 Å². The summed E-state index contributed by atoms with van der Waals surface area (Å²) in [7, 11) is -3.05. The summed E-state index contributed by atoms with van der Waals surface area (Å²) in [4.78, 5) is 33.3. The molecule has 0 radical (unpaired) electrons. The Kier molecular flexibility index (Phi) is 14.9. The highest BCUT2D eigenvalue weighted by atomic mass is 79.9. The predicted molar refractivity (Wildman–Crippen MR) is 253 cm³/mol. The molecule has 3 N–H and O–H groups in total. The van der Waals surface area contributed by atoms with Crippen LogP contribution >= 0.6 is 15.9 Å². The Balaban J connectivity index is 1.23. The number of hydrogen-bond acceptors (Lipinski definition) is 7. The van der Waals surface area contributed by atoms with Crippen molar-refractivity contribution in [2.75, 3.05) is 26.3 Å². The number of allylic oxidation sites excluding steroid dienone is 1. The van der Waals surface area contributed by atoms with Crippen molar-refractivity contribution < 1.29 is 29.3 Å². The highest BCUT2D eigenvalue weighted by Crippen LogP contribution is 2.48. The maximum Gasteiger partial charge on any atom is 0.261 e. The van der Waals surface area contributed by atoms with E-state index in [-0.39, 0.29) is 48.3 Å². The molecule has 2 heterocycles. The number of aromatic hydroxyl groups is 1. The van der Waals surface area contributed by atoms with E-state index >= 15 is 0 Å². The molecule has 3 aliphatic rings. The van der Waals surface area contributed by atoms with Crippen molar-refractivity contribution in [3.8, 4) is 5.75 Å². The number of phenols is 1. The van der Waals surface area contributed by atoms with E-state index in [1.807, 2.05) is 42.5 Å². The first-order valence-corrected chi connectivity index (χ1v) is 25.1. The van der Waals surface area contributed by atoms with Gasteiger partial charge in [-0.2, -0.15) is 0 Å². The molecule has 8 nitrogen and oxygen atoms in total. The Morgan fingerprint density at radius 3 is 2.08 bits per heavy atom. The van der Waals surface area contributed by atoms with Crippen molar-refractivity contribution in [1.82, 2.24) is 9.80 Å². The van der Waals surface area contributed by atoms with Gasteiger partial charge in [0.2, 0.25) is 11.8 Å². The van der Waals surface area contributed by atoms with Gasteiger partial charge in [-0.1, -0.05) is 153 Å². The third-order valence-corrected chi connectivity index (χ3v) is 19.0. The van der Waals surface area contributed by atoms with Crippen LogP contribution in [0.2, 0.25) is 5.04 Å². The number of benzene rings is 4. The minimum absolute atomic E-state index is 0.155. The fourth-order valence-electron chi connectivity index (χ4n) is 10.5. The van der Waals surface area contributed by atoms with Gasteiger partial charge in [-0.05, 0) is 88.8 Å². The van der Waals surface area contributed by atoms with Gasteiger partial charge in [0, 0.05) is 41.6 Å². The molecule has 0 unspecified atom stereocenters. The second kappa shape index (κ2) is 20.1. The summed E-state index contributed by atoms with van der Waals surface area (Å²) in [6.45, 7) is 11.0. The molecule has 0 bridgehead atoms. The number of piperidine rings is 1. The van der Waals surface area contributed by atoms with Crippen molar-refractivity contribution in [2.24, 2.45) is 17.8 Å². The van der Waals surface area contributed by atoms with Gasteiger partial charge in [-0.15, -0.1) is 0 Å². The molecule has 2 saturated heterocycles. The minimum atomic E-state index is -3.05. The van der Waals surface area contributed by atoms with Crippen LogP contribution < -0.4 is 10.4 Å². The number of fused-ring (bicyclic) bond motifs is 1. The number of hydrogen-bond donors (Lipinski definition) is 3. The molecule has 4 atom stereocenters. The largest absolute Gasteiger partial charge is 0.507 e. The lowest BCUT2D eigenvalue weighted by atomic mass is 9.68. The molecular weight excluding hydrogens is 857 g/mol. The molecule has 2 fully saturated rings. The number of phenolic OH excluding ortho intramolecular Hbond substituents is 1. The zero-order valence-corrected chi connectivity index (χ0v) is 39.3. The van der Waals surface area contributed by atoms with Crippen LogP contribution in [0.25, 0.3) is 6.08 Å². The Morgan fingerprint density at radius 2 is 1.50 bits per heavy atom. The monoisotopic (exact) mass is 918 g/mol. The molecule has 7 rings (SSSR count). The number of amides is 2. The quantitative estimate of drug-likeness (QED) is 0.0587.